The molecule has 1 N–H and O–H groups in total. The van der Waals surface area contributed by atoms with E-state index in [0.29, 0.717) is 53.1 Å². The van der Waals surface area contributed by atoms with Crippen molar-refractivity contribution in [3.05, 3.63) is 106 Å². The Balaban J connectivity index is 1.56. The first-order chi connectivity index (χ1) is 19.9. The number of nitrogens with zero attached hydrogens (tertiary/aromatic N) is 2. The molecule has 41 heavy (non-hydrogen) atoms. The standard InChI is InChI=1S/C32H34FN3O5/c1-3-5-18-35(32(39)34-26-14-16-27(17-15-26)40-4-2)21-30(37)36(19-23-10-12-25(33)13-11-23)20-24-22-41-29-9-7-6-8-28(29)31(24)38/h6-17,22H,3-5,18-21H2,1-2H3,(H,34,39). The van der Waals surface area contributed by atoms with Crippen LogP contribution in [0.3, 0.4) is 0 Å². The van der Waals surface area contributed by atoms with Crippen LogP contribution in [0.25, 0.3) is 11.0 Å². The van der Waals surface area contributed by atoms with Crippen LogP contribution in [-0.2, 0) is 17.9 Å². The molecule has 0 unspecified atom stereocenters. The van der Waals surface area contributed by atoms with E-state index < -0.39 is 11.8 Å². The lowest BCUT2D eigenvalue weighted by Crippen LogP contribution is -2.44. The molecule has 9 heteroatoms. The van der Waals surface area contributed by atoms with E-state index in [1.54, 1.807) is 60.7 Å². The van der Waals surface area contributed by atoms with Gasteiger partial charge in [0.15, 0.2) is 5.43 Å². The van der Waals surface area contributed by atoms with E-state index in [4.69, 9.17) is 9.15 Å². The first-order valence-electron chi connectivity index (χ1n) is 13.7. The molecule has 1 heterocycles. The highest BCUT2D eigenvalue weighted by Crippen LogP contribution is 2.18. The monoisotopic (exact) mass is 559 g/mol. The van der Waals surface area contributed by atoms with Crippen molar-refractivity contribution in [2.75, 3.05) is 25.0 Å². The van der Waals surface area contributed by atoms with Crippen molar-refractivity contribution in [2.24, 2.45) is 0 Å². The highest BCUT2D eigenvalue weighted by Gasteiger charge is 2.23. The topological polar surface area (TPSA) is 92.1 Å². The molecule has 0 saturated carbocycles. The van der Waals surface area contributed by atoms with Crippen molar-refractivity contribution >= 4 is 28.6 Å². The number of nitrogens with one attached hydrogen (secondary N) is 1. The molecule has 4 aromatic rings. The van der Waals surface area contributed by atoms with Crippen LogP contribution in [-0.4, -0.2) is 41.4 Å². The maximum atomic E-state index is 13.7. The van der Waals surface area contributed by atoms with Crippen LogP contribution in [0.4, 0.5) is 14.9 Å². The SMILES string of the molecule is CCCCN(CC(=O)N(Cc1ccc(F)cc1)Cc1coc2ccccc2c1=O)C(=O)Nc1ccc(OCC)cc1. The van der Waals surface area contributed by atoms with Gasteiger partial charge in [-0.2, -0.15) is 0 Å². The summed E-state index contributed by atoms with van der Waals surface area (Å²) in [7, 11) is 0. The molecule has 214 valence electrons. The van der Waals surface area contributed by atoms with Gasteiger partial charge in [0, 0.05) is 18.8 Å². The van der Waals surface area contributed by atoms with Crippen LogP contribution in [0.1, 0.15) is 37.8 Å². The van der Waals surface area contributed by atoms with Crippen LogP contribution < -0.4 is 15.5 Å². The summed E-state index contributed by atoms with van der Waals surface area (Å²) in [5, 5.41) is 3.27. The highest BCUT2D eigenvalue weighted by molar-refractivity contribution is 5.92. The average molecular weight is 560 g/mol. The van der Waals surface area contributed by atoms with Crippen LogP contribution in [0, 0.1) is 5.82 Å². The first kappa shape index (κ1) is 29.3. The van der Waals surface area contributed by atoms with Gasteiger partial charge < -0.3 is 24.3 Å². The van der Waals surface area contributed by atoms with Gasteiger partial charge >= 0.3 is 6.03 Å². The molecule has 3 amide bonds. The third-order valence-corrected chi connectivity index (χ3v) is 6.56. The molecule has 4 rings (SSSR count). The number of hydrogen-bond acceptors (Lipinski definition) is 5. The minimum Gasteiger partial charge on any atom is -0.494 e. The predicted molar refractivity (Wildman–Crippen MR) is 156 cm³/mol. The molecule has 1 aromatic heterocycles. The van der Waals surface area contributed by atoms with Crippen molar-refractivity contribution in [1.29, 1.82) is 0 Å². The van der Waals surface area contributed by atoms with E-state index in [1.165, 1.54) is 28.2 Å². The molecule has 0 aliphatic carbocycles. The highest BCUT2D eigenvalue weighted by atomic mass is 19.1. The Kier molecular flexibility index (Phi) is 10.1. The molecule has 0 atom stereocenters. The van der Waals surface area contributed by atoms with Gasteiger partial charge in [0.25, 0.3) is 0 Å². The zero-order valence-corrected chi connectivity index (χ0v) is 23.3. The lowest BCUT2D eigenvalue weighted by molar-refractivity contribution is -0.133. The second-order valence-electron chi connectivity index (χ2n) is 9.63. The number of rotatable bonds is 12. The Morgan fingerprint density at radius 2 is 1.66 bits per heavy atom. The summed E-state index contributed by atoms with van der Waals surface area (Å²) < 4.78 is 24.7. The van der Waals surface area contributed by atoms with E-state index >= 15 is 0 Å². The van der Waals surface area contributed by atoms with Crippen molar-refractivity contribution in [1.82, 2.24) is 9.80 Å². The number of halogens is 1. The number of fused-ring (bicyclic) bond motifs is 1. The number of carbonyl (C=O) groups is 2. The molecule has 0 aliphatic heterocycles. The number of amides is 3. The Morgan fingerprint density at radius 1 is 0.927 bits per heavy atom. The maximum absolute atomic E-state index is 13.7. The van der Waals surface area contributed by atoms with Crippen molar-refractivity contribution in [3.63, 3.8) is 0 Å². The van der Waals surface area contributed by atoms with E-state index in [1.807, 2.05) is 13.8 Å². The molecule has 0 saturated heterocycles. The third kappa shape index (κ3) is 7.94. The number of anilines is 1. The van der Waals surface area contributed by atoms with Gasteiger partial charge in [-0.3, -0.25) is 9.59 Å². The summed E-state index contributed by atoms with van der Waals surface area (Å²) in [6.45, 7) is 4.68. The zero-order chi connectivity index (χ0) is 29.2. The van der Waals surface area contributed by atoms with E-state index in [0.717, 1.165) is 6.42 Å². The van der Waals surface area contributed by atoms with Gasteiger partial charge in [-0.1, -0.05) is 37.6 Å². The largest absolute Gasteiger partial charge is 0.494 e. The Labute approximate surface area is 238 Å². The fraction of sp³-hybridized carbons (Fsp3) is 0.281. The van der Waals surface area contributed by atoms with Gasteiger partial charge in [-0.25, -0.2) is 9.18 Å². The second kappa shape index (κ2) is 14.1. The van der Waals surface area contributed by atoms with Crippen LogP contribution >= 0.6 is 0 Å². The molecule has 0 radical (unpaired) electrons. The summed E-state index contributed by atoms with van der Waals surface area (Å²) in [5.74, 6) is -0.0588. The molecule has 0 spiro atoms. The number of urea groups is 1. The number of unbranched alkanes of at least 4 members (excludes halogenated alkanes) is 1. The number of benzene rings is 3. The average Bonchev–Trinajstić information content (AvgIpc) is 2.98. The number of para-hydroxylation sites is 1. The maximum Gasteiger partial charge on any atom is 0.322 e. The summed E-state index contributed by atoms with van der Waals surface area (Å²) >= 11 is 0. The zero-order valence-electron chi connectivity index (χ0n) is 23.3. The van der Waals surface area contributed by atoms with E-state index in [9.17, 15) is 18.8 Å². The molecular weight excluding hydrogens is 525 g/mol. The smallest absolute Gasteiger partial charge is 0.322 e. The third-order valence-electron chi connectivity index (χ3n) is 6.56. The normalized spacial score (nSPS) is 10.8. The fourth-order valence-electron chi connectivity index (χ4n) is 4.34. The lowest BCUT2D eigenvalue weighted by atomic mass is 10.1. The minimum atomic E-state index is -0.414. The quantitative estimate of drug-likeness (QED) is 0.223. The van der Waals surface area contributed by atoms with Crippen LogP contribution in [0.2, 0.25) is 0 Å². The van der Waals surface area contributed by atoms with Crippen LogP contribution in [0.15, 0.2) is 88.3 Å². The summed E-state index contributed by atoms with van der Waals surface area (Å²) in [6.07, 6.45) is 2.90. The molecular formula is C32H34FN3O5. The summed E-state index contributed by atoms with van der Waals surface area (Å²) in [6, 6.07) is 19.3. The van der Waals surface area contributed by atoms with Crippen molar-refractivity contribution < 1.29 is 23.1 Å². The first-order valence-corrected chi connectivity index (χ1v) is 13.7. The minimum absolute atomic E-state index is 0.0362. The lowest BCUT2D eigenvalue weighted by Gasteiger charge is -2.28. The summed E-state index contributed by atoms with van der Waals surface area (Å²) in [4.78, 5) is 43.1. The number of carbonyl (C=O) groups excluding carboxylic acids is 2. The predicted octanol–water partition coefficient (Wildman–Crippen LogP) is 6.19. The van der Waals surface area contributed by atoms with E-state index in [2.05, 4.69) is 5.32 Å². The van der Waals surface area contributed by atoms with Gasteiger partial charge in [-0.15, -0.1) is 0 Å². The van der Waals surface area contributed by atoms with E-state index in [-0.39, 0.29) is 31.0 Å². The Bertz CT molecular complexity index is 1520. The molecule has 8 nitrogen and oxygen atoms in total. The summed E-state index contributed by atoms with van der Waals surface area (Å²) in [5.41, 5.74) is 1.78. The Morgan fingerprint density at radius 3 is 2.37 bits per heavy atom. The fourth-order valence-corrected chi connectivity index (χ4v) is 4.34. The molecule has 0 aliphatic rings. The van der Waals surface area contributed by atoms with Gasteiger partial charge in [0.05, 0.1) is 30.4 Å². The van der Waals surface area contributed by atoms with Gasteiger partial charge in [0.2, 0.25) is 5.91 Å². The van der Waals surface area contributed by atoms with Gasteiger partial charge in [0.1, 0.15) is 23.7 Å². The molecule has 3 aromatic carbocycles. The Hall–Kier alpha value is -4.66. The number of hydrogen-bond donors (Lipinski definition) is 1. The number of ether oxygens (including phenoxy) is 1. The van der Waals surface area contributed by atoms with Crippen molar-refractivity contribution in [2.45, 2.75) is 39.8 Å². The molecule has 0 bridgehead atoms. The molecule has 0 fully saturated rings. The van der Waals surface area contributed by atoms with Crippen LogP contribution in [0.5, 0.6) is 5.75 Å². The van der Waals surface area contributed by atoms with Gasteiger partial charge in [-0.05, 0) is 67.4 Å². The second-order valence-corrected chi connectivity index (χ2v) is 9.63. The van der Waals surface area contributed by atoms with Crippen molar-refractivity contribution in [3.8, 4) is 5.75 Å².